The van der Waals surface area contributed by atoms with Crippen LogP contribution in [-0.2, 0) is 9.84 Å². The maximum absolute atomic E-state index is 11.9. The third-order valence-corrected chi connectivity index (χ3v) is 4.77. The lowest BCUT2D eigenvalue weighted by molar-refractivity contribution is 0.249. The van der Waals surface area contributed by atoms with Crippen LogP contribution in [0.4, 0.5) is 10.5 Å². The van der Waals surface area contributed by atoms with E-state index in [1.165, 1.54) is 7.11 Å². The molecular weight excluding hydrogens is 282 g/mol. The number of carbonyl (C=O) groups is 1. The Morgan fingerprint density at radius 3 is 2.85 bits per heavy atom. The van der Waals surface area contributed by atoms with Gasteiger partial charge in [-0.1, -0.05) is 0 Å². The number of urea groups is 1. The number of aryl methyl sites for hydroxylation is 1. The Morgan fingerprint density at radius 1 is 1.50 bits per heavy atom. The molecule has 0 aliphatic carbocycles. The van der Waals surface area contributed by atoms with Gasteiger partial charge in [-0.25, -0.2) is 18.2 Å². The number of sulfone groups is 1. The SMILES string of the molecule is COc1ncc(C)cc1NC(=O)NC1CCS(=O)(=O)C1. The van der Waals surface area contributed by atoms with Crippen LogP contribution in [0.25, 0.3) is 0 Å². The number of ether oxygens (including phenoxy) is 1. The number of nitrogens with one attached hydrogen (secondary N) is 2. The average molecular weight is 299 g/mol. The summed E-state index contributed by atoms with van der Waals surface area (Å²) < 4.78 is 27.7. The van der Waals surface area contributed by atoms with E-state index in [-0.39, 0.29) is 17.5 Å². The zero-order valence-electron chi connectivity index (χ0n) is 11.3. The van der Waals surface area contributed by atoms with Gasteiger partial charge >= 0.3 is 6.03 Å². The minimum absolute atomic E-state index is 0.0103. The molecule has 0 radical (unpaired) electrons. The predicted molar refractivity (Wildman–Crippen MR) is 74.7 cm³/mol. The Morgan fingerprint density at radius 2 is 2.25 bits per heavy atom. The highest BCUT2D eigenvalue weighted by atomic mass is 32.2. The minimum Gasteiger partial charge on any atom is -0.480 e. The van der Waals surface area contributed by atoms with Gasteiger partial charge in [-0.2, -0.15) is 0 Å². The fourth-order valence-electron chi connectivity index (χ4n) is 2.06. The lowest BCUT2D eigenvalue weighted by Crippen LogP contribution is -2.38. The minimum atomic E-state index is -3.01. The molecule has 1 atom stereocenters. The van der Waals surface area contributed by atoms with Crippen LogP contribution in [-0.4, -0.2) is 44.1 Å². The van der Waals surface area contributed by atoms with Crippen molar-refractivity contribution >= 4 is 21.6 Å². The van der Waals surface area contributed by atoms with Crippen LogP contribution in [0.15, 0.2) is 12.3 Å². The molecule has 0 saturated carbocycles. The molecule has 1 aliphatic rings. The molecule has 0 spiro atoms. The van der Waals surface area contributed by atoms with Crippen molar-refractivity contribution in [2.75, 3.05) is 23.9 Å². The van der Waals surface area contributed by atoms with E-state index in [0.29, 0.717) is 18.0 Å². The maximum Gasteiger partial charge on any atom is 0.319 e. The largest absolute Gasteiger partial charge is 0.480 e. The van der Waals surface area contributed by atoms with Gasteiger partial charge in [-0.3, -0.25) is 0 Å². The first-order valence-corrected chi connectivity index (χ1v) is 8.00. The second kappa shape index (κ2) is 5.66. The van der Waals surface area contributed by atoms with Crippen molar-refractivity contribution in [2.45, 2.75) is 19.4 Å². The predicted octanol–water partition coefficient (Wildman–Crippen LogP) is 0.707. The Labute approximate surface area is 117 Å². The topological polar surface area (TPSA) is 97.4 Å². The molecule has 2 N–H and O–H groups in total. The summed E-state index contributed by atoms with van der Waals surface area (Å²) in [6, 6.07) is 0.929. The molecular formula is C12H17N3O4S. The van der Waals surface area contributed by atoms with E-state index in [1.807, 2.05) is 6.92 Å². The highest BCUT2D eigenvalue weighted by molar-refractivity contribution is 7.91. The quantitative estimate of drug-likeness (QED) is 0.856. The number of carbonyl (C=O) groups excluding carboxylic acids is 1. The molecule has 0 bridgehead atoms. The van der Waals surface area contributed by atoms with Crippen molar-refractivity contribution in [1.82, 2.24) is 10.3 Å². The summed E-state index contributed by atoms with van der Waals surface area (Å²) in [6.07, 6.45) is 2.07. The van der Waals surface area contributed by atoms with Gasteiger partial charge in [0.2, 0.25) is 5.88 Å². The Balaban J connectivity index is 2.00. The highest BCUT2D eigenvalue weighted by Crippen LogP contribution is 2.22. The van der Waals surface area contributed by atoms with Crippen LogP contribution in [0.3, 0.4) is 0 Å². The molecule has 1 aliphatic heterocycles. The monoisotopic (exact) mass is 299 g/mol. The standard InChI is InChI=1S/C12H17N3O4S/c1-8-5-10(11(19-2)13-6-8)15-12(16)14-9-3-4-20(17,18)7-9/h5-6,9H,3-4,7H2,1-2H3,(H2,14,15,16). The number of hydrogen-bond donors (Lipinski definition) is 2. The molecule has 0 aromatic carbocycles. The summed E-state index contributed by atoms with van der Waals surface area (Å²) in [5.41, 5.74) is 1.33. The molecule has 1 aromatic heterocycles. The second-order valence-electron chi connectivity index (χ2n) is 4.77. The first-order chi connectivity index (χ1) is 9.39. The summed E-state index contributed by atoms with van der Waals surface area (Å²) in [4.78, 5) is 15.9. The van der Waals surface area contributed by atoms with Crippen molar-refractivity contribution in [3.05, 3.63) is 17.8 Å². The molecule has 110 valence electrons. The molecule has 20 heavy (non-hydrogen) atoms. The van der Waals surface area contributed by atoms with Crippen molar-refractivity contribution in [3.63, 3.8) is 0 Å². The van der Waals surface area contributed by atoms with Crippen LogP contribution >= 0.6 is 0 Å². The van der Waals surface area contributed by atoms with Gasteiger partial charge in [0.15, 0.2) is 9.84 Å². The maximum atomic E-state index is 11.9. The summed E-state index contributed by atoms with van der Waals surface area (Å²) in [5, 5.41) is 5.27. The van der Waals surface area contributed by atoms with Crippen molar-refractivity contribution in [1.29, 1.82) is 0 Å². The summed E-state index contributed by atoms with van der Waals surface area (Å²) in [6.45, 7) is 1.85. The Hall–Kier alpha value is -1.83. The first kappa shape index (κ1) is 14.6. The number of methoxy groups -OCH3 is 1. The Bertz CT molecular complexity index is 615. The molecule has 8 heteroatoms. The van der Waals surface area contributed by atoms with Gasteiger partial charge < -0.3 is 15.4 Å². The van der Waals surface area contributed by atoms with Crippen LogP contribution in [0.2, 0.25) is 0 Å². The fraction of sp³-hybridized carbons (Fsp3) is 0.500. The van der Waals surface area contributed by atoms with E-state index in [4.69, 9.17) is 4.74 Å². The lowest BCUT2D eigenvalue weighted by atomic mass is 10.2. The number of aromatic nitrogens is 1. The zero-order valence-corrected chi connectivity index (χ0v) is 12.2. The van der Waals surface area contributed by atoms with Gasteiger partial charge in [-0.15, -0.1) is 0 Å². The molecule has 1 saturated heterocycles. The zero-order chi connectivity index (χ0) is 14.8. The van der Waals surface area contributed by atoms with E-state index in [1.54, 1.807) is 12.3 Å². The highest BCUT2D eigenvalue weighted by Gasteiger charge is 2.29. The van der Waals surface area contributed by atoms with Crippen LogP contribution < -0.4 is 15.4 Å². The fourth-order valence-corrected chi connectivity index (χ4v) is 3.73. The van der Waals surface area contributed by atoms with Crippen molar-refractivity contribution < 1.29 is 17.9 Å². The number of hydrogen-bond acceptors (Lipinski definition) is 5. The van der Waals surface area contributed by atoms with Gasteiger partial charge in [-0.05, 0) is 25.0 Å². The summed E-state index contributed by atoms with van der Waals surface area (Å²) in [7, 11) is -1.55. The van der Waals surface area contributed by atoms with E-state index in [2.05, 4.69) is 15.6 Å². The lowest BCUT2D eigenvalue weighted by Gasteiger charge is -2.13. The molecule has 1 fully saturated rings. The number of nitrogens with zero attached hydrogens (tertiary/aromatic N) is 1. The van der Waals surface area contributed by atoms with Gasteiger partial charge in [0, 0.05) is 12.2 Å². The van der Waals surface area contributed by atoms with Gasteiger partial charge in [0.25, 0.3) is 0 Å². The van der Waals surface area contributed by atoms with Crippen molar-refractivity contribution in [2.24, 2.45) is 0 Å². The smallest absolute Gasteiger partial charge is 0.319 e. The van der Waals surface area contributed by atoms with E-state index < -0.39 is 15.9 Å². The third-order valence-electron chi connectivity index (χ3n) is 3.00. The molecule has 2 rings (SSSR count). The molecule has 1 aromatic rings. The van der Waals surface area contributed by atoms with E-state index >= 15 is 0 Å². The normalized spacial score (nSPS) is 20.4. The summed E-state index contributed by atoms with van der Waals surface area (Å²) in [5.74, 6) is 0.418. The van der Waals surface area contributed by atoms with Crippen molar-refractivity contribution in [3.8, 4) is 5.88 Å². The van der Waals surface area contributed by atoms with Gasteiger partial charge in [0.05, 0.1) is 18.6 Å². The van der Waals surface area contributed by atoms with E-state index in [9.17, 15) is 13.2 Å². The van der Waals surface area contributed by atoms with Crippen LogP contribution in [0.1, 0.15) is 12.0 Å². The van der Waals surface area contributed by atoms with Crippen LogP contribution in [0.5, 0.6) is 5.88 Å². The Kier molecular flexibility index (Phi) is 4.12. The van der Waals surface area contributed by atoms with E-state index in [0.717, 1.165) is 5.56 Å². The van der Waals surface area contributed by atoms with Gasteiger partial charge in [0.1, 0.15) is 5.69 Å². The van der Waals surface area contributed by atoms with Crippen LogP contribution in [0, 0.1) is 6.92 Å². The number of amides is 2. The molecule has 1 unspecified atom stereocenters. The summed E-state index contributed by atoms with van der Waals surface area (Å²) >= 11 is 0. The first-order valence-electron chi connectivity index (χ1n) is 6.18. The number of rotatable bonds is 3. The number of anilines is 1. The molecule has 2 heterocycles. The molecule has 7 nitrogen and oxygen atoms in total. The second-order valence-corrected chi connectivity index (χ2v) is 7.00. The third kappa shape index (κ3) is 3.60. The molecule has 2 amide bonds. The number of pyridine rings is 1. The average Bonchev–Trinajstić information content (AvgIpc) is 2.68.